The van der Waals surface area contributed by atoms with Crippen LogP contribution in [0.4, 0.5) is 5.69 Å². The third kappa shape index (κ3) is 4.20. The summed E-state index contributed by atoms with van der Waals surface area (Å²) < 4.78 is 5.77. The van der Waals surface area contributed by atoms with Crippen molar-refractivity contribution < 1.29 is 9.53 Å². The Balaban J connectivity index is 1.39. The number of amides is 1. The van der Waals surface area contributed by atoms with Gasteiger partial charge in [-0.05, 0) is 55.5 Å². The normalized spacial score (nSPS) is 26.3. The number of pyridine rings is 1. The number of methoxy groups -OCH3 is 1. The van der Waals surface area contributed by atoms with Crippen molar-refractivity contribution in [1.82, 2.24) is 15.2 Å². The summed E-state index contributed by atoms with van der Waals surface area (Å²) in [6, 6.07) is 12.8. The van der Waals surface area contributed by atoms with Gasteiger partial charge < -0.3 is 15.0 Å². The van der Waals surface area contributed by atoms with E-state index < -0.39 is 0 Å². The number of nitrogens with zero attached hydrogens (tertiary/aromatic N) is 3. The van der Waals surface area contributed by atoms with Crippen LogP contribution in [-0.2, 0) is 11.3 Å². The van der Waals surface area contributed by atoms with Gasteiger partial charge >= 0.3 is 0 Å². The Morgan fingerprint density at radius 3 is 2.81 bits per heavy atom. The highest BCUT2D eigenvalue weighted by molar-refractivity contribution is 5.77. The van der Waals surface area contributed by atoms with Crippen molar-refractivity contribution in [2.24, 2.45) is 0 Å². The molecule has 1 amide bonds. The lowest BCUT2D eigenvalue weighted by molar-refractivity contribution is -0.122. The molecule has 170 valence electrons. The molecule has 1 N–H and O–H groups in total. The van der Waals surface area contributed by atoms with Crippen molar-refractivity contribution in [2.45, 2.75) is 56.5 Å². The summed E-state index contributed by atoms with van der Waals surface area (Å²) in [6.07, 6.45) is 8.06. The molecule has 6 heteroatoms. The van der Waals surface area contributed by atoms with Crippen LogP contribution in [0.25, 0.3) is 0 Å². The highest BCUT2D eigenvalue weighted by Crippen LogP contribution is 2.41. The summed E-state index contributed by atoms with van der Waals surface area (Å²) in [6.45, 7) is 4.81. The van der Waals surface area contributed by atoms with Crippen LogP contribution in [0.1, 0.15) is 55.7 Å². The van der Waals surface area contributed by atoms with Gasteiger partial charge in [0.2, 0.25) is 5.91 Å². The molecule has 2 atom stereocenters. The zero-order valence-corrected chi connectivity index (χ0v) is 19.1. The Morgan fingerprint density at radius 2 is 2.03 bits per heavy atom. The summed E-state index contributed by atoms with van der Waals surface area (Å²) in [5, 5.41) is 3.44. The highest BCUT2D eigenvalue weighted by atomic mass is 16.5. The fourth-order valence-electron chi connectivity index (χ4n) is 5.89. The van der Waals surface area contributed by atoms with E-state index in [0.29, 0.717) is 6.42 Å². The third-order valence-electron chi connectivity index (χ3n) is 7.42. The third-order valence-corrected chi connectivity index (χ3v) is 7.42. The molecule has 0 radical (unpaired) electrons. The lowest BCUT2D eigenvalue weighted by Crippen LogP contribution is -2.52. The van der Waals surface area contributed by atoms with Gasteiger partial charge in [0.1, 0.15) is 5.75 Å². The minimum absolute atomic E-state index is 0.182. The standard InChI is InChI=1S/C26H34N4O2/c1-32-24-16-20(10-11-23(24)30-14-6-7-15-30)17-29-18-21(22-8-3-5-13-27-22)26(19-29)12-4-2-9-25(31)28-26/h3,5,8,10-11,13,16,21H,2,4,6-7,9,12,14-15,17-19H2,1H3,(H,28,31)/t21-,26+/m0/s1. The van der Waals surface area contributed by atoms with Crippen molar-refractivity contribution in [3.63, 3.8) is 0 Å². The smallest absolute Gasteiger partial charge is 0.220 e. The fourth-order valence-corrected chi connectivity index (χ4v) is 5.89. The number of rotatable bonds is 5. The summed E-state index contributed by atoms with van der Waals surface area (Å²) in [7, 11) is 1.77. The molecule has 0 bridgehead atoms. The van der Waals surface area contributed by atoms with Crippen molar-refractivity contribution in [2.75, 3.05) is 38.2 Å². The van der Waals surface area contributed by atoms with Gasteiger partial charge in [-0.15, -0.1) is 0 Å². The average Bonchev–Trinajstić information content (AvgIpc) is 3.41. The van der Waals surface area contributed by atoms with E-state index in [1.807, 2.05) is 12.3 Å². The molecule has 32 heavy (non-hydrogen) atoms. The second kappa shape index (κ2) is 9.10. The molecule has 2 aromatic rings. The minimum Gasteiger partial charge on any atom is -0.495 e. The van der Waals surface area contributed by atoms with Gasteiger partial charge in [0.05, 0.1) is 18.3 Å². The Hall–Kier alpha value is -2.60. The van der Waals surface area contributed by atoms with Gasteiger partial charge in [-0.25, -0.2) is 0 Å². The largest absolute Gasteiger partial charge is 0.495 e. The molecule has 1 aromatic carbocycles. The predicted octanol–water partition coefficient (Wildman–Crippen LogP) is 3.72. The van der Waals surface area contributed by atoms with Gasteiger partial charge in [0, 0.05) is 57.0 Å². The van der Waals surface area contributed by atoms with E-state index in [-0.39, 0.29) is 17.4 Å². The van der Waals surface area contributed by atoms with E-state index in [2.05, 4.69) is 50.4 Å². The molecule has 3 saturated heterocycles. The van der Waals surface area contributed by atoms with Crippen LogP contribution < -0.4 is 15.0 Å². The maximum atomic E-state index is 12.6. The van der Waals surface area contributed by atoms with Crippen molar-refractivity contribution in [3.8, 4) is 5.75 Å². The number of nitrogens with one attached hydrogen (secondary N) is 1. The highest BCUT2D eigenvalue weighted by Gasteiger charge is 2.49. The van der Waals surface area contributed by atoms with Crippen molar-refractivity contribution in [3.05, 3.63) is 53.9 Å². The quantitative estimate of drug-likeness (QED) is 0.777. The molecular formula is C26H34N4O2. The molecule has 6 nitrogen and oxygen atoms in total. The van der Waals surface area contributed by atoms with E-state index in [1.54, 1.807) is 7.11 Å². The molecular weight excluding hydrogens is 400 g/mol. The number of hydrogen-bond donors (Lipinski definition) is 1. The van der Waals surface area contributed by atoms with Crippen LogP contribution in [-0.4, -0.2) is 54.6 Å². The number of ether oxygens (including phenoxy) is 1. The SMILES string of the molecule is COc1cc(CN2C[C@@H](c3ccccn3)[C@@]3(CCCCC(=O)N3)C2)ccc1N1CCCC1. The Bertz CT molecular complexity index is 944. The number of carbonyl (C=O) groups excluding carboxylic acids is 1. The first-order chi connectivity index (χ1) is 15.7. The number of hydrogen-bond acceptors (Lipinski definition) is 5. The molecule has 1 spiro atoms. The molecule has 3 fully saturated rings. The molecule has 0 unspecified atom stereocenters. The Kier molecular flexibility index (Phi) is 6.05. The van der Waals surface area contributed by atoms with Gasteiger partial charge in [-0.3, -0.25) is 14.7 Å². The molecule has 0 saturated carbocycles. The van der Waals surface area contributed by atoms with Crippen LogP contribution in [0, 0.1) is 0 Å². The van der Waals surface area contributed by atoms with E-state index in [9.17, 15) is 4.79 Å². The Labute approximate surface area is 191 Å². The number of aromatic nitrogens is 1. The van der Waals surface area contributed by atoms with Gasteiger partial charge in [-0.2, -0.15) is 0 Å². The lowest BCUT2D eigenvalue weighted by Gasteiger charge is -2.34. The maximum Gasteiger partial charge on any atom is 0.220 e. The van der Waals surface area contributed by atoms with Crippen molar-refractivity contribution >= 4 is 11.6 Å². The van der Waals surface area contributed by atoms with Crippen LogP contribution >= 0.6 is 0 Å². The Morgan fingerprint density at radius 1 is 1.16 bits per heavy atom. The summed E-state index contributed by atoms with van der Waals surface area (Å²) >= 11 is 0. The first-order valence-electron chi connectivity index (χ1n) is 12.0. The van der Waals surface area contributed by atoms with Gasteiger partial charge in [0.25, 0.3) is 0 Å². The molecule has 0 aliphatic carbocycles. The van der Waals surface area contributed by atoms with E-state index in [0.717, 1.165) is 63.4 Å². The summed E-state index contributed by atoms with van der Waals surface area (Å²) in [4.78, 5) is 22.2. The van der Waals surface area contributed by atoms with Crippen LogP contribution in [0.2, 0.25) is 0 Å². The number of anilines is 1. The topological polar surface area (TPSA) is 57.7 Å². The van der Waals surface area contributed by atoms with Gasteiger partial charge in [-0.1, -0.05) is 18.6 Å². The van der Waals surface area contributed by atoms with Crippen LogP contribution in [0.3, 0.4) is 0 Å². The van der Waals surface area contributed by atoms with E-state index in [1.165, 1.54) is 24.1 Å². The maximum absolute atomic E-state index is 12.6. The van der Waals surface area contributed by atoms with Crippen LogP contribution in [0.5, 0.6) is 5.75 Å². The van der Waals surface area contributed by atoms with E-state index in [4.69, 9.17) is 4.74 Å². The minimum atomic E-state index is -0.235. The molecule has 5 rings (SSSR count). The predicted molar refractivity (Wildman–Crippen MR) is 126 cm³/mol. The van der Waals surface area contributed by atoms with E-state index >= 15 is 0 Å². The first kappa shape index (κ1) is 21.3. The molecule has 3 aliphatic heterocycles. The first-order valence-corrected chi connectivity index (χ1v) is 12.0. The second-order valence-corrected chi connectivity index (χ2v) is 9.59. The lowest BCUT2D eigenvalue weighted by atomic mass is 9.81. The monoisotopic (exact) mass is 434 g/mol. The molecule has 4 heterocycles. The van der Waals surface area contributed by atoms with Crippen LogP contribution in [0.15, 0.2) is 42.6 Å². The number of carbonyl (C=O) groups is 1. The average molecular weight is 435 g/mol. The number of likely N-dealkylation sites (tertiary alicyclic amines) is 1. The zero-order chi connectivity index (χ0) is 22.0. The molecule has 1 aromatic heterocycles. The van der Waals surface area contributed by atoms with Crippen molar-refractivity contribution in [1.29, 1.82) is 0 Å². The fraction of sp³-hybridized carbons (Fsp3) is 0.538. The summed E-state index contributed by atoms with van der Waals surface area (Å²) in [5.41, 5.74) is 3.30. The second-order valence-electron chi connectivity index (χ2n) is 9.59. The summed E-state index contributed by atoms with van der Waals surface area (Å²) in [5.74, 6) is 1.35. The molecule has 3 aliphatic rings. The van der Waals surface area contributed by atoms with Gasteiger partial charge in [0.15, 0.2) is 0 Å². The zero-order valence-electron chi connectivity index (χ0n) is 19.1. The number of benzene rings is 1.